The molecule has 28 heavy (non-hydrogen) atoms. The summed E-state index contributed by atoms with van der Waals surface area (Å²) in [6.07, 6.45) is 1.66. The Kier molecular flexibility index (Phi) is 8.10. The second-order valence-electron chi connectivity index (χ2n) is 6.49. The molecule has 1 fully saturated rings. The summed E-state index contributed by atoms with van der Waals surface area (Å²) in [4.78, 5) is 37.3. The number of rotatable bonds is 8. The van der Waals surface area contributed by atoms with Gasteiger partial charge in [0, 0.05) is 19.5 Å². The Morgan fingerprint density at radius 2 is 1.79 bits per heavy atom. The molecule has 1 aromatic carbocycles. The van der Waals surface area contributed by atoms with Crippen molar-refractivity contribution in [2.75, 3.05) is 41.0 Å². The van der Waals surface area contributed by atoms with Gasteiger partial charge >= 0.3 is 11.9 Å². The van der Waals surface area contributed by atoms with E-state index < -0.39 is 5.97 Å². The normalized spacial score (nSPS) is 14.3. The van der Waals surface area contributed by atoms with E-state index in [4.69, 9.17) is 18.9 Å². The molecule has 2 rings (SSSR count). The van der Waals surface area contributed by atoms with Crippen LogP contribution in [0.2, 0.25) is 0 Å². The number of methoxy groups -OCH3 is 3. The molecule has 1 aliphatic heterocycles. The van der Waals surface area contributed by atoms with Crippen molar-refractivity contribution in [2.24, 2.45) is 5.92 Å². The molecule has 1 aliphatic rings. The minimum atomic E-state index is -0.456. The zero-order valence-corrected chi connectivity index (χ0v) is 16.6. The van der Waals surface area contributed by atoms with Gasteiger partial charge in [0.15, 0.2) is 18.1 Å². The molecule has 0 bridgehead atoms. The first kappa shape index (κ1) is 21.5. The number of amides is 1. The summed E-state index contributed by atoms with van der Waals surface area (Å²) in [7, 11) is 4.46. The fourth-order valence-electron chi connectivity index (χ4n) is 3.22. The van der Waals surface area contributed by atoms with Crippen LogP contribution < -0.4 is 9.47 Å². The Morgan fingerprint density at radius 3 is 2.39 bits per heavy atom. The van der Waals surface area contributed by atoms with Crippen molar-refractivity contribution >= 4 is 17.8 Å². The molecule has 8 nitrogen and oxygen atoms in total. The van der Waals surface area contributed by atoms with Crippen LogP contribution in [0.4, 0.5) is 0 Å². The van der Waals surface area contributed by atoms with Gasteiger partial charge in [0.05, 0.1) is 27.2 Å². The number of ether oxygens (including phenoxy) is 4. The highest BCUT2D eigenvalue weighted by molar-refractivity contribution is 5.81. The van der Waals surface area contributed by atoms with Crippen LogP contribution in [-0.2, 0) is 30.3 Å². The number of nitrogens with zero attached hydrogens (tertiary/aromatic N) is 1. The van der Waals surface area contributed by atoms with E-state index in [1.807, 2.05) is 12.1 Å². The van der Waals surface area contributed by atoms with E-state index in [0.29, 0.717) is 43.9 Å². The van der Waals surface area contributed by atoms with Crippen LogP contribution in [0, 0.1) is 5.92 Å². The van der Waals surface area contributed by atoms with Crippen LogP contribution in [0.25, 0.3) is 0 Å². The fraction of sp³-hybridized carbons (Fsp3) is 0.550. The monoisotopic (exact) mass is 393 g/mol. The lowest BCUT2D eigenvalue weighted by Crippen LogP contribution is -2.42. The number of para-hydroxylation sites is 1. The number of likely N-dealkylation sites (tertiary alicyclic amines) is 1. The first-order chi connectivity index (χ1) is 13.5. The van der Waals surface area contributed by atoms with Gasteiger partial charge < -0.3 is 23.8 Å². The minimum Gasteiger partial charge on any atom is -0.493 e. The predicted molar refractivity (Wildman–Crippen MR) is 100 cm³/mol. The summed E-state index contributed by atoms with van der Waals surface area (Å²) in [5.41, 5.74) is 0.829. The molecule has 0 N–H and O–H groups in total. The number of benzene rings is 1. The van der Waals surface area contributed by atoms with E-state index in [0.717, 1.165) is 5.56 Å². The van der Waals surface area contributed by atoms with Crippen LogP contribution >= 0.6 is 0 Å². The van der Waals surface area contributed by atoms with Gasteiger partial charge in [0.2, 0.25) is 0 Å². The van der Waals surface area contributed by atoms with Crippen molar-refractivity contribution in [3.8, 4) is 11.5 Å². The van der Waals surface area contributed by atoms with Gasteiger partial charge in [-0.1, -0.05) is 12.1 Å². The second kappa shape index (κ2) is 10.5. The molecular weight excluding hydrogens is 366 g/mol. The minimum absolute atomic E-state index is 0.126. The largest absolute Gasteiger partial charge is 0.493 e. The van der Waals surface area contributed by atoms with E-state index in [9.17, 15) is 14.4 Å². The third-order valence-electron chi connectivity index (χ3n) is 4.82. The van der Waals surface area contributed by atoms with E-state index in [-0.39, 0.29) is 30.8 Å². The fourth-order valence-corrected chi connectivity index (χ4v) is 3.22. The molecular formula is C20H27NO7. The van der Waals surface area contributed by atoms with Crippen LogP contribution in [0.5, 0.6) is 11.5 Å². The number of carbonyl (C=O) groups excluding carboxylic acids is 3. The van der Waals surface area contributed by atoms with Crippen LogP contribution in [0.3, 0.4) is 0 Å². The number of aryl methyl sites for hydroxylation is 1. The van der Waals surface area contributed by atoms with Crippen molar-refractivity contribution in [3.05, 3.63) is 23.8 Å². The Bertz CT molecular complexity index is 696. The van der Waals surface area contributed by atoms with Crippen molar-refractivity contribution < 1.29 is 33.3 Å². The Hall–Kier alpha value is -2.77. The maximum atomic E-state index is 12.2. The lowest BCUT2D eigenvalue weighted by molar-refractivity contribution is -0.154. The van der Waals surface area contributed by atoms with Crippen LogP contribution in [0.1, 0.15) is 24.8 Å². The number of piperidine rings is 1. The number of hydrogen-bond acceptors (Lipinski definition) is 7. The molecule has 0 aromatic heterocycles. The summed E-state index contributed by atoms with van der Waals surface area (Å²) in [5, 5.41) is 0. The summed E-state index contributed by atoms with van der Waals surface area (Å²) < 4.78 is 20.4. The zero-order chi connectivity index (χ0) is 20.5. The van der Waals surface area contributed by atoms with Crippen molar-refractivity contribution in [2.45, 2.75) is 25.7 Å². The SMILES string of the molecule is COC(=O)C1CCN(C(=O)COC(=O)CCc2cccc(OC)c2OC)CC1. The number of hydrogen-bond donors (Lipinski definition) is 0. The molecule has 1 heterocycles. The summed E-state index contributed by atoms with van der Waals surface area (Å²) in [6, 6.07) is 5.46. The molecule has 0 saturated carbocycles. The summed E-state index contributed by atoms with van der Waals surface area (Å²) in [6.45, 7) is 0.616. The Balaban J connectivity index is 1.76. The standard InChI is InChI=1S/C20H27NO7/c1-25-16-6-4-5-14(19(16)26-2)7-8-18(23)28-13-17(22)21-11-9-15(10-12-21)20(24)27-3/h4-6,15H,7-13H2,1-3H3. The third-order valence-corrected chi connectivity index (χ3v) is 4.82. The maximum absolute atomic E-state index is 12.2. The van der Waals surface area contributed by atoms with E-state index in [2.05, 4.69) is 0 Å². The second-order valence-corrected chi connectivity index (χ2v) is 6.49. The first-order valence-electron chi connectivity index (χ1n) is 9.21. The highest BCUT2D eigenvalue weighted by atomic mass is 16.5. The maximum Gasteiger partial charge on any atom is 0.308 e. The first-order valence-corrected chi connectivity index (χ1v) is 9.21. The molecule has 1 amide bonds. The summed E-state index contributed by atoms with van der Waals surface area (Å²) in [5.74, 6) is 0.0560. The van der Waals surface area contributed by atoms with Crippen molar-refractivity contribution in [1.29, 1.82) is 0 Å². The lowest BCUT2D eigenvalue weighted by Gasteiger charge is -2.30. The molecule has 0 radical (unpaired) electrons. The van der Waals surface area contributed by atoms with Crippen molar-refractivity contribution in [1.82, 2.24) is 4.90 Å². The van der Waals surface area contributed by atoms with Crippen LogP contribution in [0.15, 0.2) is 18.2 Å². The molecule has 154 valence electrons. The van der Waals surface area contributed by atoms with Gasteiger partial charge in [-0.05, 0) is 30.9 Å². The molecule has 0 unspecified atom stereocenters. The average Bonchev–Trinajstić information content (AvgIpc) is 2.74. The van der Waals surface area contributed by atoms with E-state index >= 15 is 0 Å². The smallest absolute Gasteiger partial charge is 0.308 e. The number of carbonyl (C=O) groups is 3. The average molecular weight is 393 g/mol. The van der Waals surface area contributed by atoms with Gasteiger partial charge in [-0.3, -0.25) is 14.4 Å². The molecule has 0 aliphatic carbocycles. The van der Waals surface area contributed by atoms with Gasteiger partial charge in [0.1, 0.15) is 0 Å². The summed E-state index contributed by atoms with van der Waals surface area (Å²) >= 11 is 0. The Morgan fingerprint density at radius 1 is 1.07 bits per heavy atom. The number of esters is 2. The highest BCUT2D eigenvalue weighted by Crippen LogP contribution is 2.31. The molecule has 0 spiro atoms. The predicted octanol–water partition coefficient (Wildman–Crippen LogP) is 1.59. The van der Waals surface area contributed by atoms with Crippen molar-refractivity contribution in [3.63, 3.8) is 0 Å². The van der Waals surface area contributed by atoms with Crippen LogP contribution in [-0.4, -0.2) is 63.8 Å². The molecule has 8 heteroatoms. The van der Waals surface area contributed by atoms with Gasteiger partial charge in [-0.25, -0.2) is 0 Å². The van der Waals surface area contributed by atoms with E-state index in [1.165, 1.54) is 7.11 Å². The quantitative estimate of drug-likeness (QED) is 0.620. The Labute approximate surface area is 164 Å². The molecule has 0 atom stereocenters. The molecule has 1 aromatic rings. The third kappa shape index (κ3) is 5.61. The van der Waals surface area contributed by atoms with Gasteiger partial charge in [-0.2, -0.15) is 0 Å². The lowest BCUT2D eigenvalue weighted by atomic mass is 9.97. The van der Waals surface area contributed by atoms with E-state index in [1.54, 1.807) is 25.2 Å². The molecule has 1 saturated heterocycles. The topological polar surface area (TPSA) is 91.4 Å². The van der Waals surface area contributed by atoms with Gasteiger partial charge in [0.25, 0.3) is 5.91 Å². The highest BCUT2D eigenvalue weighted by Gasteiger charge is 2.28. The van der Waals surface area contributed by atoms with Gasteiger partial charge in [-0.15, -0.1) is 0 Å². The zero-order valence-electron chi connectivity index (χ0n) is 16.6.